The van der Waals surface area contributed by atoms with Crippen LogP contribution in [0.4, 0.5) is 0 Å². The van der Waals surface area contributed by atoms with Crippen molar-refractivity contribution in [2.45, 2.75) is 24.5 Å². The van der Waals surface area contributed by atoms with Crippen molar-refractivity contribution in [3.8, 4) is 0 Å². The highest BCUT2D eigenvalue weighted by molar-refractivity contribution is 7.09. The van der Waals surface area contributed by atoms with Crippen molar-refractivity contribution in [3.63, 3.8) is 0 Å². The van der Waals surface area contributed by atoms with Gasteiger partial charge in [0.1, 0.15) is 0 Å². The van der Waals surface area contributed by atoms with Gasteiger partial charge in [-0.15, -0.1) is 11.3 Å². The lowest BCUT2D eigenvalue weighted by Crippen LogP contribution is -2.46. The fourth-order valence-corrected chi connectivity index (χ4v) is 4.09. The molecule has 0 spiro atoms. The molecule has 2 saturated heterocycles. The number of rotatable bonds is 2. The highest BCUT2D eigenvalue weighted by atomic mass is 32.1. The summed E-state index contributed by atoms with van der Waals surface area (Å²) in [6.45, 7) is 1.00. The summed E-state index contributed by atoms with van der Waals surface area (Å²) in [6.07, 6.45) is 3.14. The topological polar surface area (TPSA) is 49.0 Å². The molecule has 2 aromatic rings. The molecule has 4 rings (SSSR count). The monoisotopic (exact) mass is 286 g/mol. The van der Waals surface area contributed by atoms with Crippen LogP contribution in [0.15, 0.2) is 42.0 Å². The molecule has 20 heavy (non-hydrogen) atoms. The molecule has 4 nitrogen and oxygen atoms in total. The molecule has 104 valence electrons. The average Bonchev–Trinajstić information content (AvgIpc) is 3.17. The summed E-state index contributed by atoms with van der Waals surface area (Å²) in [7, 11) is 0. The molecular weight excluding hydrogens is 268 g/mol. The Labute approximate surface area is 122 Å². The number of benzene rings is 1. The van der Waals surface area contributed by atoms with Gasteiger partial charge in [0, 0.05) is 29.7 Å². The third kappa shape index (κ3) is 2.16. The first kappa shape index (κ1) is 12.5. The van der Waals surface area contributed by atoms with Gasteiger partial charge in [-0.05, 0) is 17.9 Å². The Kier molecular flexibility index (Phi) is 3.28. The van der Waals surface area contributed by atoms with Crippen LogP contribution in [0, 0.1) is 5.92 Å². The fourth-order valence-electron chi connectivity index (χ4n) is 3.38. The molecule has 0 aliphatic carbocycles. The minimum absolute atomic E-state index is 0.402. The van der Waals surface area contributed by atoms with E-state index in [-0.39, 0.29) is 0 Å². The van der Waals surface area contributed by atoms with E-state index in [1.165, 1.54) is 10.4 Å². The second-order valence-electron chi connectivity index (χ2n) is 5.55. The molecule has 2 fully saturated rings. The molecule has 2 aliphatic rings. The maximum absolute atomic E-state index is 4.21. The zero-order valence-corrected chi connectivity index (χ0v) is 11.9. The first-order valence-corrected chi connectivity index (χ1v) is 7.97. The second kappa shape index (κ2) is 5.26. The van der Waals surface area contributed by atoms with Crippen molar-refractivity contribution < 1.29 is 0 Å². The third-order valence-electron chi connectivity index (χ3n) is 4.41. The van der Waals surface area contributed by atoms with Crippen LogP contribution in [0.25, 0.3) is 0 Å². The van der Waals surface area contributed by atoms with Crippen LogP contribution in [0.2, 0.25) is 0 Å². The summed E-state index contributed by atoms with van der Waals surface area (Å²) in [5.41, 5.74) is 10.2. The molecule has 0 amide bonds. The molecule has 0 bridgehead atoms. The molecule has 1 aromatic heterocycles. The Hall–Kier alpha value is -1.27. The smallest absolute Gasteiger partial charge is 0.0794 e. The van der Waals surface area contributed by atoms with Gasteiger partial charge in [0.15, 0.2) is 0 Å². The van der Waals surface area contributed by atoms with E-state index >= 15 is 0 Å². The predicted octanol–water partition coefficient (Wildman–Crippen LogP) is 2.01. The van der Waals surface area contributed by atoms with Crippen LogP contribution >= 0.6 is 11.3 Å². The molecule has 4 atom stereocenters. The number of nitrogens with zero attached hydrogens (tertiary/aromatic N) is 1. The van der Waals surface area contributed by atoms with Crippen LogP contribution < -0.4 is 16.2 Å². The summed E-state index contributed by atoms with van der Waals surface area (Å²) in [5, 5.41) is 3.63. The summed E-state index contributed by atoms with van der Waals surface area (Å²) in [4.78, 5) is 5.56. The molecule has 0 saturated carbocycles. The second-order valence-corrected chi connectivity index (χ2v) is 6.47. The zero-order chi connectivity index (χ0) is 13.4. The van der Waals surface area contributed by atoms with Gasteiger partial charge < -0.3 is 5.32 Å². The fraction of sp³-hybridized carbons (Fsp3) is 0.400. The zero-order valence-electron chi connectivity index (χ0n) is 11.1. The van der Waals surface area contributed by atoms with Crippen molar-refractivity contribution >= 4 is 11.3 Å². The average molecular weight is 286 g/mol. The highest BCUT2D eigenvalue weighted by Gasteiger charge is 2.41. The van der Waals surface area contributed by atoms with Crippen molar-refractivity contribution in [2.24, 2.45) is 5.92 Å². The summed E-state index contributed by atoms with van der Waals surface area (Å²) in [5.74, 6) is 0.616. The van der Waals surface area contributed by atoms with E-state index in [4.69, 9.17) is 0 Å². The summed E-state index contributed by atoms with van der Waals surface area (Å²) >= 11 is 1.75. The van der Waals surface area contributed by atoms with Gasteiger partial charge in [-0.25, -0.2) is 5.43 Å². The number of piperidine rings is 1. The summed E-state index contributed by atoms with van der Waals surface area (Å²) in [6, 6.07) is 12.1. The Morgan fingerprint density at radius 3 is 2.85 bits per heavy atom. The van der Waals surface area contributed by atoms with E-state index in [1.54, 1.807) is 11.3 Å². The normalized spacial score (nSPS) is 33.0. The lowest BCUT2D eigenvalue weighted by molar-refractivity contribution is 0.269. The standard InChI is InChI=1S/C15H18N4S/c1-2-4-10(5-3-1)15-11-6-12(14-8-16-9-20-14)17-7-13(11)18-19-15/h1-5,8-9,11-13,15,17-19H,6-7H2. The maximum atomic E-state index is 4.21. The Morgan fingerprint density at radius 1 is 1.15 bits per heavy atom. The van der Waals surface area contributed by atoms with Crippen molar-refractivity contribution in [1.29, 1.82) is 0 Å². The summed E-state index contributed by atoms with van der Waals surface area (Å²) < 4.78 is 0. The quantitative estimate of drug-likeness (QED) is 0.790. The van der Waals surface area contributed by atoms with E-state index in [0.717, 1.165) is 13.0 Å². The third-order valence-corrected chi connectivity index (χ3v) is 5.30. The first-order chi connectivity index (χ1) is 9.92. The molecule has 2 aliphatic heterocycles. The lowest BCUT2D eigenvalue weighted by atomic mass is 9.81. The number of hydrogen-bond donors (Lipinski definition) is 3. The van der Waals surface area contributed by atoms with E-state index in [0.29, 0.717) is 24.0 Å². The lowest BCUT2D eigenvalue weighted by Gasteiger charge is -2.33. The molecule has 1 aromatic carbocycles. The van der Waals surface area contributed by atoms with E-state index < -0.39 is 0 Å². The van der Waals surface area contributed by atoms with Gasteiger partial charge in [-0.1, -0.05) is 30.3 Å². The Morgan fingerprint density at radius 2 is 2.05 bits per heavy atom. The van der Waals surface area contributed by atoms with Gasteiger partial charge in [0.05, 0.1) is 11.6 Å². The van der Waals surface area contributed by atoms with Gasteiger partial charge in [-0.2, -0.15) is 0 Å². The van der Waals surface area contributed by atoms with Crippen LogP contribution in [0.5, 0.6) is 0 Å². The molecule has 3 N–H and O–H groups in total. The van der Waals surface area contributed by atoms with Crippen LogP contribution in [-0.2, 0) is 0 Å². The molecular formula is C15H18N4S. The minimum atomic E-state index is 0.402. The largest absolute Gasteiger partial charge is 0.308 e. The number of nitrogens with one attached hydrogen (secondary N) is 3. The van der Waals surface area contributed by atoms with E-state index in [9.17, 15) is 0 Å². The Balaban J connectivity index is 1.57. The Bertz CT molecular complexity index is 557. The van der Waals surface area contributed by atoms with Crippen molar-refractivity contribution in [2.75, 3.05) is 6.54 Å². The van der Waals surface area contributed by atoms with Crippen LogP contribution in [0.3, 0.4) is 0 Å². The first-order valence-electron chi connectivity index (χ1n) is 7.09. The van der Waals surface area contributed by atoms with Gasteiger partial charge in [0.2, 0.25) is 0 Å². The number of hydrogen-bond acceptors (Lipinski definition) is 5. The maximum Gasteiger partial charge on any atom is 0.0794 e. The van der Waals surface area contributed by atoms with Gasteiger partial charge in [-0.3, -0.25) is 10.4 Å². The molecule has 3 heterocycles. The van der Waals surface area contributed by atoms with Crippen LogP contribution in [-0.4, -0.2) is 17.6 Å². The predicted molar refractivity (Wildman–Crippen MR) is 80.2 cm³/mol. The SMILES string of the molecule is c1ccc(C2NNC3CNC(c4cncs4)CC32)cc1. The van der Waals surface area contributed by atoms with E-state index in [1.807, 2.05) is 11.7 Å². The van der Waals surface area contributed by atoms with Crippen LogP contribution in [0.1, 0.15) is 28.9 Å². The van der Waals surface area contributed by atoms with E-state index in [2.05, 4.69) is 51.5 Å². The van der Waals surface area contributed by atoms with Gasteiger partial charge >= 0.3 is 0 Å². The molecule has 0 radical (unpaired) electrons. The minimum Gasteiger partial charge on any atom is -0.308 e. The molecule has 5 heteroatoms. The van der Waals surface area contributed by atoms with Crippen molar-refractivity contribution in [1.82, 2.24) is 21.2 Å². The highest BCUT2D eigenvalue weighted by Crippen LogP contribution is 2.38. The number of fused-ring (bicyclic) bond motifs is 1. The molecule has 4 unspecified atom stereocenters. The number of thiazole rings is 1. The number of hydrazine groups is 1. The number of aromatic nitrogens is 1. The van der Waals surface area contributed by atoms with Gasteiger partial charge in [0.25, 0.3) is 0 Å². The van der Waals surface area contributed by atoms with Crippen molar-refractivity contribution in [3.05, 3.63) is 52.5 Å².